The molecule has 0 fully saturated rings. The summed E-state index contributed by atoms with van der Waals surface area (Å²) in [5, 5.41) is 12.1. The molecule has 3 aromatic carbocycles. The number of hydrogen-bond acceptors (Lipinski definition) is 5. The fourth-order valence-electron chi connectivity index (χ4n) is 3.44. The summed E-state index contributed by atoms with van der Waals surface area (Å²) >= 11 is 1.23. The maximum absolute atomic E-state index is 13.3. The van der Waals surface area contributed by atoms with Gasteiger partial charge in [-0.25, -0.2) is 4.99 Å². The van der Waals surface area contributed by atoms with Crippen LogP contribution in [0.25, 0.3) is 6.08 Å². The Bertz CT molecular complexity index is 1300. The predicted molar refractivity (Wildman–Crippen MR) is 137 cm³/mol. The molecular weight excluding hydrogens is 444 g/mol. The van der Waals surface area contributed by atoms with Gasteiger partial charge in [-0.1, -0.05) is 79.3 Å². The van der Waals surface area contributed by atoms with Gasteiger partial charge >= 0.3 is 0 Å². The molecule has 0 bridgehead atoms. The molecule has 2 amide bonds. The minimum absolute atomic E-state index is 0.248. The van der Waals surface area contributed by atoms with E-state index in [0.717, 1.165) is 5.56 Å². The number of amidine groups is 1. The number of nitriles is 1. The third-order valence-electron chi connectivity index (χ3n) is 5.16. The second-order valence-corrected chi connectivity index (χ2v) is 8.64. The van der Waals surface area contributed by atoms with Crippen molar-refractivity contribution >= 4 is 46.2 Å². The summed E-state index contributed by atoms with van der Waals surface area (Å²) < 4.78 is 0. The maximum Gasteiger partial charge on any atom is 0.283 e. The Morgan fingerprint density at radius 1 is 1.06 bits per heavy atom. The molecule has 3 aromatic rings. The van der Waals surface area contributed by atoms with Crippen molar-refractivity contribution in [3.05, 3.63) is 102 Å². The van der Waals surface area contributed by atoms with Gasteiger partial charge in [-0.15, -0.1) is 0 Å². The number of benzene rings is 3. The van der Waals surface area contributed by atoms with Crippen molar-refractivity contribution in [2.24, 2.45) is 4.99 Å². The molecule has 1 atom stereocenters. The molecule has 1 heterocycles. The van der Waals surface area contributed by atoms with E-state index in [1.54, 1.807) is 35.2 Å². The summed E-state index contributed by atoms with van der Waals surface area (Å²) in [5.41, 5.74) is 2.71. The van der Waals surface area contributed by atoms with Crippen LogP contribution in [0.5, 0.6) is 0 Å². The van der Waals surface area contributed by atoms with Crippen LogP contribution >= 0.6 is 11.8 Å². The average Bonchev–Trinajstić information content (AvgIpc) is 3.18. The van der Waals surface area contributed by atoms with Gasteiger partial charge in [0, 0.05) is 0 Å². The van der Waals surface area contributed by atoms with E-state index in [0.29, 0.717) is 34.2 Å². The predicted octanol–water partition coefficient (Wildman–Crippen LogP) is 5.45. The zero-order valence-corrected chi connectivity index (χ0v) is 19.3. The number of para-hydroxylation sites is 2. The van der Waals surface area contributed by atoms with Crippen molar-refractivity contribution in [3.63, 3.8) is 0 Å². The van der Waals surface area contributed by atoms with E-state index in [1.165, 1.54) is 11.8 Å². The standard InChI is InChI=1S/C27H22N4O2S/c1-2-24(25(32)29-22-16-10-9-13-20(22)18-28)34-27-30-23(17-19-11-5-3-6-12-19)26(33)31(27)21-14-7-4-8-15-21/h3-17,24H,2H2,1H3,(H,29,32). The monoisotopic (exact) mass is 466 g/mol. The van der Waals surface area contributed by atoms with E-state index in [4.69, 9.17) is 0 Å². The molecule has 34 heavy (non-hydrogen) atoms. The molecule has 0 spiro atoms. The van der Waals surface area contributed by atoms with Crippen LogP contribution < -0.4 is 10.2 Å². The summed E-state index contributed by atoms with van der Waals surface area (Å²) in [6.45, 7) is 1.90. The lowest BCUT2D eigenvalue weighted by molar-refractivity contribution is -0.116. The Hall–Kier alpha value is -4.15. The van der Waals surface area contributed by atoms with Crippen LogP contribution in [0.2, 0.25) is 0 Å². The highest BCUT2D eigenvalue weighted by atomic mass is 32.2. The molecule has 4 rings (SSSR count). The molecule has 1 N–H and O–H groups in total. The first kappa shape index (κ1) is 23.0. The van der Waals surface area contributed by atoms with Crippen molar-refractivity contribution in [1.29, 1.82) is 5.26 Å². The smallest absolute Gasteiger partial charge is 0.283 e. The summed E-state index contributed by atoms with van der Waals surface area (Å²) in [6, 6.07) is 27.7. The van der Waals surface area contributed by atoms with E-state index in [1.807, 2.05) is 67.6 Å². The SMILES string of the molecule is CCC(SC1=NC(=Cc2ccccc2)C(=O)N1c1ccccc1)C(=O)Nc1ccccc1C#N. The summed E-state index contributed by atoms with van der Waals surface area (Å²) in [7, 11) is 0. The van der Waals surface area contributed by atoms with Gasteiger partial charge < -0.3 is 5.32 Å². The molecule has 0 radical (unpaired) electrons. The van der Waals surface area contributed by atoms with Gasteiger partial charge in [-0.3, -0.25) is 14.5 Å². The van der Waals surface area contributed by atoms with E-state index in [9.17, 15) is 14.9 Å². The molecule has 0 saturated carbocycles. The number of nitrogens with one attached hydrogen (secondary N) is 1. The lowest BCUT2D eigenvalue weighted by atomic mass is 10.2. The van der Waals surface area contributed by atoms with E-state index < -0.39 is 5.25 Å². The van der Waals surface area contributed by atoms with Crippen molar-refractivity contribution in [1.82, 2.24) is 0 Å². The summed E-state index contributed by atoms with van der Waals surface area (Å²) in [4.78, 5) is 32.6. The van der Waals surface area contributed by atoms with Crippen LogP contribution in [0.4, 0.5) is 11.4 Å². The fourth-order valence-corrected chi connectivity index (χ4v) is 4.47. The quantitative estimate of drug-likeness (QED) is 0.489. The number of amides is 2. The molecular formula is C27H22N4O2S. The first-order valence-electron chi connectivity index (χ1n) is 10.8. The van der Waals surface area contributed by atoms with Gasteiger partial charge in [-0.2, -0.15) is 5.26 Å². The van der Waals surface area contributed by atoms with Crippen LogP contribution in [0.15, 0.2) is 95.6 Å². The second-order valence-electron chi connectivity index (χ2n) is 7.47. The molecule has 7 heteroatoms. The van der Waals surface area contributed by atoms with Crippen molar-refractivity contribution in [2.45, 2.75) is 18.6 Å². The number of nitrogens with zero attached hydrogens (tertiary/aromatic N) is 3. The minimum atomic E-state index is -0.513. The number of rotatable bonds is 6. The van der Waals surface area contributed by atoms with Gasteiger partial charge in [-0.05, 0) is 42.3 Å². The first-order chi connectivity index (χ1) is 16.6. The van der Waals surface area contributed by atoms with E-state index in [-0.39, 0.29) is 11.8 Å². The van der Waals surface area contributed by atoms with Gasteiger partial charge in [0.2, 0.25) is 5.91 Å². The highest BCUT2D eigenvalue weighted by Gasteiger charge is 2.34. The second kappa shape index (κ2) is 10.6. The number of carbonyl (C=O) groups is 2. The van der Waals surface area contributed by atoms with Gasteiger partial charge in [0.25, 0.3) is 5.91 Å². The van der Waals surface area contributed by atoms with Crippen LogP contribution in [-0.4, -0.2) is 22.2 Å². The topological polar surface area (TPSA) is 85.6 Å². The molecule has 168 valence electrons. The molecule has 1 aliphatic heterocycles. The van der Waals surface area contributed by atoms with Gasteiger partial charge in [0.15, 0.2) is 5.17 Å². The lowest BCUT2D eigenvalue weighted by Gasteiger charge is -2.21. The largest absolute Gasteiger partial charge is 0.324 e. The number of thioether (sulfide) groups is 1. The zero-order valence-electron chi connectivity index (χ0n) is 18.5. The highest BCUT2D eigenvalue weighted by molar-refractivity contribution is 8.15. The number of carbonyl (C=O) groups excluding carboxylic acids is 2. The van der Waals surface area contributed by atoms with E-state index >= 15 is 0 Å². The Labute approximate surface area is 202 Å². The number of aliphatic imine (C=N–C) groups is 1. The third-order valence-corrected chi connectivity index (χ3v) is 6.48. The summed E-state index contributed by atoms with van der Waals surface area (Å²) in [5.74, 6) is -0.499. The van der Waals surface area contributed by atoms with Crippen molar-refractivity contribution < 1.29 is 9.59 Å². The van der Waals surface area contributed by atoms with Crippen molar-refractivity contribution in [2.75, 3.05) is 10.2 Å². The van der Waals surface area contributed by atoms with Crippen LogP contribution in [0.1, 0.15) is 24.5 Å². The van der Waals surface area contributed by atoms with Gasteiger partial charge in [0.05, 0.1) is 22.2 Å². The Morgan fingerprint density at radius 2 is 1.71 bits per heavy atom. The third kappa shape index (κ3) is 5.08. The average molecular weight is 467 g/mol. The molecule has 0 aliphatic carbocycles. The maximum atomic E-state index is 13.3. The molecule has 0 aromatic heterocycles. The number of hydrogen-bond donors (Lipinski definition) is 1. The zero-order chi connectivity index (χ0) is 23.9. The number of anilines is 2. The van der Waals surface area contributed by atoms with E-state index in [2.05, 4.69) is 16.4 Å². The lowest BCUT2D eigenvalue weighted by Crippen LogP contribution is -2.34. The fraction of sp³-hybridized carbons (Fsp3) is 0.111. The Morgan fingerprint density at radius 3 is 2.38 bits per heavy atom. The molecule has 6 nitrogen and oxygen atoms in total. The normalized spacial score (nSPS) is 15.1. The Balaban J connectivity index is 1.63. The highest BCUT2D eigenvalue weighted by Crippen LogP contribution is 2.32. The first-order valence-corrected chi connectivity index (χ1v) is 11.7. The van der Waals surface area contributed by atoms with Crippen molar-refractivity contribution in [3.8, 4) is 6.07 Å². The molecule has 0 saturated heterocycles. The van der Waals surface area contributed by atoms with Gasteiger partial charge in [0.1, 0.15) is 11.8 Å². The molecule has 1 unspecified atom stereocenters. The minimum Gasteiger partial charge on any atom is -0.324 e. The van der Waals surface area contributed by atoms with Crippen LogP contribution in [0, 0.1) is 11.3 Å². The Kier molecular flexibility index (Phi) is 7.21. The van der Waals surface area contributed by atoms with Crippen LogP contribution in [-0.2, 0) is 9.59 Å². The summed E-state index contributed by atoms with van der Waals surface area (Å²) in [6.07, 6.45) is 2.26. The molecule has 1 aliphatic rings. The van der Waals surface area contributed by atoms with Crippen LogP contribution in [0.3, 0.4) is 0 Å².